The Morgan fingerprint density at radius 3 is 2.48 bits per heavy atom. The maximum absolute atomic E-state index is 13.5. The summed E-state index contributed by atoms with van der Waals surface area (Å²) in [5.41, 5.74) is -0.571. The van der Waals surface area contributed by atoms with Crippen molar-refractivity contribution in [2.24, 2.45) is 0 Å². The van der Waals surface area contributed by atoms with Crippen molar-refractivity contribution in [2.45, 2.75) is 0 Å². The first kappa shape index (κ1) is 14.9. The summed E-state index contributed by atoms with van der Waals surface area (Å²) in [4.78, 5) is 22.8. The van der Waals surface area contributed by atoms with Crippen molar-refractivity contribution in [3.8, 4) is 0 Å². The molecule has 0 radical (unpaired) electrons. The molecule has 0 spiro atoms. The Balaban J connectivity index is 2.31. The average Bonchev–Trinajstić information content (AvgIpc) is 2.40. The van der Waals surface area contributed by atoms with Gasteiger partial charge in [-0.2, -0.15) is 0 Å². The maximum Gasteiger partial charge on any atom is 0.335 e. The number of hydrogen-bond acceptors (Lipinski definition) is 2. The maximum atomic E-state index is 13.5. The van der Waals surface area contributed by atoms with E-state index in [4.69, 9.17) is 16.7 Å². The number of rotatable bonds is 3. The van der Waals surface area contributed by atoms with E-state index < -0.39 is 29.1 Å². The first-order valence-corrected chi connectivity index (χ1v) is 6.05. The van der Waals surface area contributed by atoms with Gasteiger partial charge in [-0.05, 0) is 36.4 Å². The zero-order chi connectivity index (χ0) is 15.6. The number of carboxylic acids is 1. The van der Waals surface area contributed by atoms with Crippen molar-refractivity contribution in [2.75, 3.05) is 5.32 Å². The monoisotopic (exact) mass is 311 g/mol. The normalized spacial score (nSPS) is 10.2. The summed E-state index contributed by atoms with van der Waals surface area (Å²) in [5.74, 6) is -3.80. The van der Waals surface area contributed by atoms with Crippen LogP contribution in [0.5, 0.6) is 0 Å². The third-order valence-electron chi connectivity index (χ3n) is 2.58. The average molecular weight is 312 g/mol. The van der Waals surface area contributed by atoms with E-state index in [1.807, 2.05) is 0 Å². The molecule has 0 bridgehead atoms. The van der Waals surface area contributed by atoms with Gasteiger partial charge >= 0.3 is 5.97 Å². The molecule has 0 saturated carbocycles. The van der Waals surface area contributed by atoms with Crippen LogP contribution >= 0.6 is 11.6 Å². The molecule has 0 aliphatic heterocycles. The molecule has 4 nitrogen and oxygen atoms in total. The summed E-state index contributed by atoms with van der Waals surface area (Å²) in [5, 5.41) is 11.2. The highest BCUT2D eigenvalue weighted by Gasteiger charge is 2.14. The van der Waals surface area contributed by atoms with E-state index in [9.17, 15) is 18.4 Å². The third kappa shape index (κ3) is 3.55. The molecule has 0 aliphatic rings. The number of halogens is 3. The fourth-order valence-electron chi connectivity index (χ4n) is 1.66. The molecule has 2 aromatic carbocycles. The molecule has 0 aromatic heterocycles. The van der Waals surface area contributed by atoms with Crippen LogP contribution in [-0.4, -0.2) is 17.0 Å². The zero-order valence-electron chi connectivity index (χ0n) is 10.4. The van der Waals surface area contributed by atoms with E-state index in [-0.39, 0.29) is 16.3 Å². The van der Waals surface area contributed by atoms with Gasteiger partial charge in [0.25, 0.3) is 5.91 Å². The van der Waals surface area contributed by atoms with Crippen molar-refractivity contribution in [3.63, 3.8) is 0 Å². The first-order valence-electron chi connectivity index (χ1n) is 5.67. The van der Waals surface area contributed by atoms with Crippen LogP contribution in [0.2, 0.25) is 5.02 Å². The Morgan fingerprint density at radius 1 is 1.10 bits per heavy atom. The SMILES string of the molecule is O=C(O)c1cc(Cl)cc(NC(=O)c2cc(F)ccc2F)c1. The summed E-state index contributed by atoms with van der Waals surface area (Å²) in [6.45, 7) is 0. The Labute approximate surface area is 123 Å². The number of carbonyl (C=O) groups excluding carboxylic acids is 1. The van der Waals surface area contributed by atoms with Gasteiger partial charge in [-0.15, -0.1) is 0 Å². The lowest BCUT2D eigenvalue weighted by Crippen LogP contribution is -2.14. The number of hydrogen-bond donors (Lipinski definition) is 2. The Bertz CT molecular complexity index is 734. The van der Waals surface area contributed by atoms with Gasteiger partial charge in [-0.1, -0.05) is 11.6 Å². The molecule has 0 atom stereocenters. The molecule has 0 aliphatic carbocycles. The van der Waals surface area contributed by atoms with Gasteiger partial charge < -0.3 is 10.4 Å². The molecule has 2 N–H and O–H groups in total. The van der Waals surface area contributed by atoms with Gasteiger partial charge in [0.15, 0.2) is 0 Å². The number of carboxylic acid groups (broad SMARTS) is 1. The number of benzene rings is 2. The molecule has 0 saturated heterocycles. The molecular formula is C14H8ClF2NO3. The number of amides is 1. The van der Waals surface area contributed by atoms with E-state index in [1.54, 1.807) is 0 Å². The fourth-order valence-corrected chi connectivity index (χ4v) is 1.89. The van der Waals surface area contributed by atoms with Crippen molar-refractivity contribution in [1.29, 1.82) is 0 Å². The van der Waals surface area contributed by atoms with Crippen LogP contribution in [0.3, 0.4) is 0 Å². The van der Waals surface area contributed by atoms with E-state index >= 15 is 0 Å². The molecule has 2 aromatic rings. The smallest absolute Gasteiger partial charge is 0.335 e. The number of anilines is 1. The van der Waals surface area contributed by atoms with Crippen LogP contribution in [-0.2, 0) is 0 Å². The van der Waals surface area contributed by atoms with Crippen LogP contribution in [0, 0.1) is 11.6 Å². The van der Waals surface area contributed by atoms with E-state index in [2.05, 4.69) is 5.32 Å². The predicted molar refractivity (Wildman–Crippen MR) is 72.7 cm³/mol. The fraction of sp³-hybridized carbons (Fsp3) is 0. The number of nitrogens with one attached hydrogen (secondary N) is 1. The minimum Gasteiger partial charge on any atom is -0.478 e. The van der Waals surface area contributed by atoms with Gasteiger partial charge in [0.1, 0.15) is 11.6 Å². The largest absolute Gasteiger partial charge is 0.478 e. The predicted octanol–water partition coefficient (Wildman–Crippen LogP) is 3.57. The highest BCUT2D eigenvalue weighted by Crippen LogP contribution is 2.20. The minimum atomic E-state index is -1.23. The Morgan fingerprint density at radius 2 is 1.81 bits per heavy atom. The van der Waals surface area contributed by atoms with Crippen LogP contribution in [0.1, 0.15) is 20.7 Å². The van der Waals surface area contributed by atoms with Crippen LogP contribution in [0.15, 0.2) is 36.4 Å². The Kier molecular flexibility index (Phi) is 4.18. The Hall–Kier alpha value is -2.47. The second kappa shape index (κ2) is 5.88. The van der Waals surface area contributed by atoms with Gasteiger partial charge in [-0.25, -0.2) is 13.6 Å². The van der Waals surface area contributed by atoms with Gasteiger partial charge in [-0.3, -0.25) is 4.79 Å². The van der Waals surface area contributed by atoms with E-state index in [1.165, 1.54) is 12.1 Å². The molecule has 0 heterocycles. The number of carbonyl (C=O) groups is 2. The zero-order valence-corrected chi connectivity index (χ0v) is 11.1. The summed E-state index contributed by atoms with van der Waals surface area (Å²) in [6, 6.07) is 6.10. The van der Waals surface area contributed by atoms with Crippen molar-refractivity contribution >= 4 is 29.2 Å². The number of aromatic carboxylic acids is 1. The second-order valence-electron chi connectivity index (χ2n) is 4.11. The molecular weight excluding hydrogens is 304 g/mol. The van der Waals surface area contributed by atoms with Gasteiger partial charge in [0.05, 0.1) is 11.1 Å². The molecule has 108 valence electrons. The summed E-state index contributed by atoms with van der Waals surface area (Å²) in [6.07, 6.45) is 0. The summed E-state index contributed by atoms with van der Waals surface area (Å²) < 4.78 is 26.5. The minimum absolute atomic E-state index is 0.0635. The standard InChI is InChI=1S/C14H8ClF2NO3/c15-8-3-7(14(20)21)4-10(5-8)18-13(19)11-6-9(16)1-2-12(11)17/h1-6H,(H,18,19)(H,20,21). The third-order valence-corrected chi connectivity index (χ3v) is 2.79. The first-order chi connectivity index (χ1) is 9.86. The summed E-state index contributed by atoms with van der Waals surface area (Å²) in [7, 11) is 0. The molecule has 0 unspecified atom stereocenters. The van der Waals surface area contributed by atoms with Crippen LogP contribution < -0.4 is 5.32 Å². The van der Waals surface area contributed by atoms with Crippen molar-refractivity contribution in [1.82, 2.24) is 0 Å². The van der Waals surface area contributed by atoms with Gasteiger partial charge in [0, 0.05) is 10.7 Å². The van der Waals surface area contributed by atoms with E-state index in [0.29, 0.717) is 0 Å². The quantitative estimate of drug-likeness (QED) is 0.910. The topological polar surface area (TPSA) is 66.4 Å². The van der Waals surface area contributed by atoms with Crippen LogP contribution in [0.4, 0.5) is 14.5 Å². The molecule has 1 amide bonds. The molecule has 7 heteroatoms. The lowest BCUT2D eigenvalue weighted by molar-refractivity contribution is 0.0696. The second-order valence-corrected chi connectivity index (χ2v) is 4.55. The lowest BCUT2D eigenvalue weighted by Gasteiger charge is -2.08. The van der Waals surface area contributed by atoms with E-state index in [0.717, 1.165) is 24.3 Å². The summed E-state index contributed by atoms with van der Waals surface area (Å²) >= 11 is 5.73. The molecule has 21 heavy (non-hydrogen) atoms. The lowest BCUT2D eigenvalue weighted by atomic mass is 10.1. The molecule has 0 fully saturated rings. The highest BCUT2D eigenvalue weighted by atomic mass is 35.5. The van der Waals surface area contributed by atoms with Crippen molar-refractivity contribution < 1.29 is 23.5 Å². The van der Waals surface area contributed by atoms with Crippen LogP contribution in [0.25, 0.3) is 0 Å². The van der Waals surface area contributed by atoms with Crippen molar-refractivity contribution in [3.05, 3.63) is 64.2 Å². The van der Waals surface area contributed by atoms with Gasteiger partial charge in [0.2, 0.25) is 0 Å². The highest BCUT2D eigenvalue weighted by molar-refractivity contribution is 6.31. The molecule has 2 rings (SSSR count).